The van der Waals surface area contributed by atoms with Crippen LogP contribution in [0.4, 0.5) is 0 Å². The van der Waals surface area contributed by atoms with Crippen LogP contribution >= 0.6 is 0 Å². The van der Waals surface area contributed by atoms with Crippen molar-refractivity contribution < 1.29 is 0 Å². The molecule has 0 heterocycles. The molecule has 16 heavy (non-hydrogen) atoms. The van der Waals surface area contributed by atoms with E-state index in [1.54, 1.807) is 0 Å². The second-order valence-corrected chi connectivity index (χ2v) is 5.75. The molecule has 0 aliphatic heterocycles. The van der Waals surface area contributed by atoms with Gasteiger partial charge in [-0.3, -0.25) is 0 Å². The first-order chi connectivity index (χ1) is 7.76. The van der Waals surface area contributed by atoms with Gasteiger partial charge in [0.05, 0.1) is 0 Å². The van der Waals surface area contributed by atoms with Crippen molar-refractivity contribution in [3.63, 3.8) is 0 Å². The molecule has 0 aromatic rings. The Morgan fingerprint density at radius 3 is 2.31 bits per heavy atom. The van der Waals surface area contributed by atoms with Crippen molar-refractivity contribution in [1.82, 2.24) is 5.32 Å². The van der Waals surface area contributed by atoms with Gasteiger partial charge >= 0.3 is 0 Å². The van der Waals surface area contributed by atoms with Crippen molar-refractivity contribution in [3.8, 4) is 0 Å². The molecule has 0 aromatic heterocycles. The zero-order chi connectivity index (χ0) is 11.8. The Bertz CT molecular complexity index is 153. The van der Waals surface area contributed by atoms with Gasteiger partial charge in [0.2, 0.25) is 0 Å². The van der Waals surface area contributed by atoms with E-state index in [0.717, 1.165) is 24.4 Å². The maximum atomic E-state index is 3.63. The molecule has 96 valence electrons. The third-order valence-electron chi connectivity index (χ3n) is 4.19. The van der Waals surface area contributed by atoms with Crippen molar-refractivity contribution in [2.75, 3.05) is 6.54 Å². The van der Waals surface area contributed by atoms with Gasteiger partial charge in [-0.25, -0.2) is 0 Å². The monoisotopic (exact) mass is 225 g/mol. The molecule has 0 bridgehead atoms. The maximum Gasteiger partial charge on any atom is 0.00669 e. The van der Waals surface area contributed by atoms with Crippen LogP contribution in [0.2, 0.25) is 0 Å². The van der Waals surface area contributed by atoms with Crippen molar-refractivity contribution in [2.24, 2.45) is 11.8 Å². The molecule has 1 aliphatic carbocycles. The first-order valence-corrected chi connectivity index (χ1v) is 7.49. The van der Waals surface area contributed by atoms with E-state index in [-0.39, 0.29) is 0 Å². The lowest BCUT2D eigenvalue weighted by molar-refractivity contribution is 0.262. The summed E-state index contributed by atoms with van der Waals surface area (Å²) in [5.74, 6) is 2.03. The Balaban J connectivity index is 2.15. The molecule has 1 saturated carbocycles. The Hall–Kier alpha value is -0.0400. The maximum absolute atomic E-state index is 3.63. The van der Waals surface area contributed by atoms with Crippen LogP contribution in [0.3, 0.4) is 0 Å². The first kappa shape index (κ1) is 14.0. The van der Waals surface area contributed by atoms with Crippen LogP contribution in [0.15, 0.2) is 0 Å². The van der Waals surface area contributed by atoms with E-state index in [0.29, 0.717) is 0 Å². The lowest BCUT2D eigenvalue weighted by atomic mass is 9.80. The second-order valence-electron chi connectivity index (χ2n) is 5.75. The van der Waals surface area contributed by atoms with E-state index in [1.807, 2.05) is 0 Å². The van der Waals surface area contributed by atoms with Crippen LogP contribution in [0.1, 0.15) is 72.1 Å². The molecule has 0 amide bonds. The molecule has 1 aliphatic rings. The van der Waals surface area contributed by atoms with Crippen molar-refractivity contribution in [1.29, 1.82) is 0 Å². The summed E-state index contributed by atoms with van der Waals surface area (Å²) in [4.78, 5) is 0. The summed E-state index contributed by atoms with van der Waals surface area (Å²) >= 11 is 0. The highest BCUT2D eigenvalue weighted by Gasteiger charge is 2.19. The van der Waals surface area contributed by atoms with Crippen LogP contribution in [0.5, 0.6) is 0 Å². The van der Waals surface area contributed by atoms with E-state index < -0.39 is 0 Å². The summed E-state index contributed by atoms with van der Waals surface area (Å²) in [7, 11) is 0. The zero-order valence-electron chi connectivity index (χ0n) is 11.6. The van der Waals surface area contributed by atoms with Crippen LogP contribution in [-0.2, 0) is 0 Å². The predicted molar refractivity (Wildman–Crippen MR) is 72.7 cm³/mol. The lowest BCUT2D eigenvalue weighted by Crippen LogP contribution is -2.29. The normalized spacial score (nSPS) is 27.9. The Morgan fingerprint density at radius 1 is 1.06 bits per heavy atom. The van der Waals surface area contributed by atoms with Gasteiger partial charge in [0.1, 0.15) is 0 Å². The molecule has 0 spiro atoms. The highest BCUT2D eigenvalue weighted by Crippen LogP contribution is 2.31. The highest BCUT2D eigenvalue weighted by atomic mass is 14.9. The minimum atomic E-state index is 0.786. The largest absolute Gasteiger partial charge is 0.314 e. The Labute approximate surface area is 102 Å². The minimum Gasteiger partial charge on any atom is -0.314 e. The predicted octanol–water partition coefficient (Wildman–Crippen LogP) is 4.37. The molecular weight excluding hydrogens is 194 g/mol. The average molecular weight is 225 g/mol. The first-order valence-electron chi connectivity index (χ1n) is 7.49. The van der Waals surface area contributed by atoms with Crippen molar-refractivity contribution >= 4 is 0 Å². The SMILES string of the molecule is CCCC(CCC1CCC(C)CC1)NCC. The smallest absolute Gasteiger partial charge is 0.00669 e. The molecule has 1 N–H and O–H groups in total. The number of hydrogen-bond acceptors (Lipinski definition) is 1. The molecule has 0 saturated heterocycles. The summed E-state index contributed by atoms with van der Waals surface area (Å²) in [6.45, 7) is 8.07. The topological polar surface area (TPSA) is 12.0 Å². The van der Waals surface area contributed by atoms with Crippen LogP contribution in [-0.4, -0.2) is 12.6 Å². The molecular formula is C15H31N. The van der Waals surface area contributed by atoms with E-state index in [2.05, 4.69) is 26.1 Å². The zero-order valence-corrected chi connectivity index (χ0v) is 11.6. The average Bonchev–Trinajstić information content (AvgIpc) is 2.29. The molecule has 1 heteroatoms. The molecule has 1 nitrogen and oxygen atoms in total. The summed E-state index contributed by atoms with van der Waals surface area (Å²) in [6, 6.07) is 0.786. The van der Waals surface area contributed by atoms with Crippen LogP contribution in [0, 0.1) is 11.8 Å². The lowest BCUT2D eigenvalue weighted by Gasteiger charge is -2.27. The van der Waals surface area contributed by atoms with Gasteiger partial charge in [0.25, 0.3) is 0 Å². The van der Waals surface area contributed by atoms with Gasteiger partial charge in [-0.05, 0) is 37.6 Å². The summed E-state index contributed by atoms with van der Waals surface area (Å²) in [5.41, 5.74) is 0. The standard InChI is InChI=1S/C15H31N/c1-4-6-15(16-5-2)12-11-14-9-7-13(3)8-10-14/h13-16H,4-12H2,1-3H3. The van der Waals surface area contributed by atoms with Gasteiger partial charge in [-0.15, -0.1) is 0 Å². The second kappa shape index (κ2) is 8.11. The third kappa shape index (κ3) is 5.34. The van der Waals surface area contributed by atoms with Crippen molar-refractivity contribution in [3.05, 3.63) is 0 Å². The summed E-state index contributed by atoms with van der Waals surface area (Å²) < 4.78 is 0. The fraction of sp³-hybridized carbons (Fsp3) is 1.00. The molecule has 1 unspecified atom stereocenters. The fourth-order valence-electron chi connectivity index (χ4n) is 3.04. The Kier molecular flexibility index (Phi) is 7.11. The van der Waals surface area contributed by atoms with Gasteiger partial charge in [-0.1, -0.05) is 52.9 Å². The van der Waals surface area contributed by atoms with E-state index in [1.165, 1.54) is 51.4 Å². The summed E-state index contributed by atoms with van der Waals surface area (Å²) in [6.07, 6.45) is 11.5. The van der Waals surface area contributed by atoms with Gasteiger partial charge in [0, 0.05) is 6.04 Å². The van der Waals surface area contributed by atoms with E-state index in [9.17, 15) is 0 Å². The van der Waals surface area contributed by atoms with Crippen LogP contribution in [0.25, 0.3) is 0 Å². The number of rotatable bonds is 7. The highest BCUT2D eigenvalue weighted by molar-refractivity contribution is 4.73. The van der Waals surface area contributed by atoms with Crippen molar-refractivity contribution in [2.45, 2.75) is 78.2 Å². The van der Waals surface area contributed by atoms with E-state index in [4.69, 9.17) is 0 Å². The Morgan fingerprint density at radius 2 is 1.75 bits per heavy atom. The quantitative estimate of drug-likeness (QED) is 0.678. The van der Waals surface area contributed by atoms with Gasteiger partial charge < -0.3 is 5.32 Å². The number of hydrogen-bond donors (Lipinski definition) is 1. The third-order valence-corrected chi connectivity index (χ3v) is 4.19. The summed E-state index contributed by atoms with van der Waals surface area (Å²) in [5, 5.41) is 3.63. The molecule has 1 rings (SSSR count). The van der Waals surface area contributed by atoms with Crippen LogP contribution < -0.4 is 5.32 Å². The van der Waals surface area contributed by atoms with Gasteiger partial charge in [-0.2, -0.15) is 0 Å². The minimum absolute atomic E-state index is 0.786. The van der Waals surface area contributed by atoms with Gasteiger partial charge in [0.15, 0.2) is 0 Å². The number of nitrogens with one attached hydrogen (secondary N) is 1. The molecule has 1 fully saturated rings. The molecule has 0 radical (unpaired) electrons. The molecule has 0 aromatic carbocycles. The fourth-order valence-corrected chi connectivity index (χ4v) is 3.04. The van der Waals surface area contributed by atoms with E-state index >= 15 is 0 Å². The molecule has 1 atom stereocenters.